The third-order valence-corrected chi connectivity index (χ3v) is 2.52. The molecule has 0 aromatic carbocycles. The van der Waals surface area contributed by atoms with E-state index in [4.69, 9.17) is 11.5 Å². The number of aryl methyl sites for hydroxylation is 1. The monoisotopic (exact) mass is 253 g/mol. The van der Waals surface area contributed by atoms with Crippen LogP contribution < -0.4 is 16.8 Å². The van der Waals surface area contributed by atoms with Gasteiger partial charge in [0.1, 0.15) is 6.04 Å². The van der Waals surface area contributed by atoms with E-state index in [0.29, 0.717) is 31.4 Å². The van der Waals surface area contributed by atoms with Crippen LogP contribution in [0.5, 0.6) is 0 Å². The van der Waals surface area contributed by atoms with Gasteiger partial charge in [0.25, 0.3) is 0 Å². The number of nitrogens with two attached hydrogens (primary N) is 2. The lowest BCUT2D eigenvalue weighted by Gasteiger charge is -2.10. The van der Waals surface area contributed by atoms with Crippen LogP contribution in [-0.4, -0.2) is 28.1 Å². The highest BCUT2D eigenvalue weighted by Crippen LogP contribution is 2.08. The molecule has 0 aliphatic rings. The van der Waals surface area contributed by atoms with Crippen LogP contribution in [0, 0.1) is 0 Å². The fourth-order valence-corrected chi connectivity index (χ4v) is 1.50. The topological polar surface area (TPSA) is 116 Å². The zero-order chi connectivity index (χ0) is 13.5. The Morgan fingerprint density at radius 2 is 2.22 bits per heavy atom. The van der Waals surface area contributed by atoms with E-state index in [9.17, 15) is 9.59 Å². The Balaban J connectivity index is 2.26. The molecule has 1 unspecified atom stereocenters. The normalized spacial score (nSPS) is 12.1. The number of unbranched alkanes of at least 4 members (excludes halogenated alkanes) is 1. The lowest BCUT2D eigenvalue weighted by Crippen LogP contribution is -2.34. The van der Waals surface area contributed by atoms with Crippen molar-refractivity contribution in [1.29, 1.82) is 0 Å². The molecular formula is C11H19N5O2. The smallest absolute Gasteiger partial charge is 0.241 e. The van der Waals surface area contributed by atoms with Crippen molar-refractivity contribution in [3.05, 3.63) is 18.0 Å². The first-order valence-corrected chi connectivity index (χ1v) is 5.81. The summed E-state index contributed by atoms with van der Waals surface area (Å²) in [6.45, 7) is 0.486. The van der Waals surface area contributed by atoms with Crippen LogP contribution in [0.4, 0.5) is 0 Å². The first-order valence-electron chi connectivity index (χ1n) is 5.81. The summed E-state index contributed by atoms with van der Waals surface area (Å²) >= 11 is 0. The van der Waals surface area contributed by atoms with Crippen LogP contribution in [0.1, 0.15) is 30.9 Å². The van der Waals surface area contributed by atoms with E-state index in [-0.39, 0.29) is 11.8 Å². The van der Waals surface area contributed by atoms with Gasteiger partial charge in [-0.25, -0.2) is 0 Å². The molecule has 0 radical (unpaired) electrons. The SMILES string of the molecule is Cn1cc(C(N)C(=O)NCCCCC(N)=O)cn1. The van der Waals surface area contributed by atoms with Gasteiger partial charge >= 0.3 is 0 Å². The molecule has 1 heterocycles. The first kappa shape index (κ1) is 14.2. The van der Waals surface area contributed by atoms with Crippen molar-refractivity contribution in [1.82, 2.24) is 15.1 Å². The Kier molecular flexibility index (Phi) is 5.31. The maximum absolute atomic E-state index is 11.7. The standard InChI is InChI=1S/C11H19N5O2/c1-16-7-8(6-15-16)10(13)11(18)14-5-3-2-4-9(12)17/h6-7,10H,2-5,13H2,1H3,(H2,12,17)(H,14,18). The quantitative estimate of drug-likeness (QED) is 0.551. The van der Waals surface area contributed by atoms with Gasteiger partial charge in [0.05, 0.1) is 6.20 Å². The molecule has 1 aromatic rings. The Morgan fingerprint density at radius 1 is 1.50 bits per heavy atom. The summed E-state index contributed by atoms with van der Waals surface area (Å²) in [7, 11) is 1.76. The van der Waals surface area contributed by atoms with Crippen molar-refractivity contribution >= 4 is 11.8 Å². The molecule has 18 heavy (non-hydrogen) atoms. The molecule has 7 nitrogen and oxygen atoms in total. The second kappa shape index (κ2) is 6.75. The summed E-state index contributed by atoms with van der Waals surface area (Å²) < 4.78 is 1.59. The van der Waals surface area contributed by atoms with E-state index < -0.39 is 6.04 Å². The minimum absolute atomic E-state index is 0.248. The van der Waals surface area contributed by atoms with Gasteiger partial charge in [-0.05, 0) is 12.8 Å². The average molecular weight is 253 g/mol. The fraction of sp³-hybridized carbons (Fsp3) is 0.545. The minimum atomic E-state index is -0.713. The Morgan fingerprint density at radius 3 is 2.78 bits per heavy atom. The molecule has 0 spiro atoms. The second-order valence-corrected chi connectivity index (χ2v) is 4.14. The summed E-state index contributed by atoms with van der Waals surface area (Å²) in [6.07, 6.45) is 4.98. The maximum atomic E-state index is 11.7. The number of nitrogens with zero attached hydrogens (tertiary/aromatic N) is 2. The maximum Gasteiger partial charge on any atom is 0.241 e. The molecule has 0 aliphatic carbocycles. The number of carbonyl (C=O) groups excluding carboxylic acids is 2. The number of primary amides is 1. The Bertz CT molecular complexity index is 415. The van der Waals surface area contributed by atoms with Crippen molar-refractivity contribution in [2.45, 2.75) is 25.3 Å². The molecule has 0 fully saturated rings. The number of hydrogen-bond acceptors (Lipinski definition) is 4. The fourth-order valence-electron chi connectivity index (χ4n) is 1.50. The Hall–Kier alpha value is -1.89. The van der Waals surface area contributed by atoms with Gasteiger partial charge in [0.2, 0.25) is 11.8 Å². The number of carbonyl (C=O) groups is 2. The van der Waals surface area contributed by atoms with Crippen molar-refractivity contribution in [2.24, 2.45) is 18.5 Å². The van der Waals surface area contributed by atoms with E-state index >= 15 is 0 Å². The molecule has 100 valence electrons. The number of nitrogens with one attached hydrogen (secondary N) is 1. The van der Waals surface area contributed by atoms with Crippen molar-refractivity contribution in [2.75, 3.05) is 6.54 Å². The first-order chi connectivity index (χ1) is 8.50. The lowest BCUT2D eigenvalue weighted by molar-refractivity contribution is -0.122. The number of amides is 2. The van der Waals surface area contributed by atoms with Gasteiger partial charge in [0.15, 0.2) is 0 Å². The molecule has 0 saturated heterocycles. The molecule has 2 amide bonds. The van der Waals surface area contributed by atoms with Crippen LogP contribution in [0.3, 0.4) is 0 Å². The van der Waals surface area contributed by atoms with Gasteiger partial charge in [-0.2, -0.15) is 5.10 Å². The molecule has 5 N–H and O–H groups in total. The summed E-state index contributed by atoms with van der Waals surface area (Å²) in [5.74, 6) is -0.574. The highest BCUT2D eigenvalue weighted by Gasteiger charge is 2.16. The number of aromatic nitrogens is 2. The molecule has 0 saturated carbocycles. The van der Waals surface area contributed by atoms with E-state index in [1.54, 1.807) is 24.1 Å². The van der Waals surface area contributed by atoms with Gasteiger partial charge < -0.3 is 16.8 Å². The third-order valence-electron chi connectivity index (χ3n) is 2.52. The number of hydrogen-bond donors (Lipinski definition) is 3. The van der Waals surface area contributed by atoms with Crippen LogP contribution in [0.2, 0.25) is 0 Å². The van der Waals surface area contributed by atoms with Gasteiger partial charge in [-0.1, -0.05) is 0 Å². The van der Waals surface area contributed by atoms with Crippen LogP contribution in [0.25, 0.3) is 0 Å². The highest BCUT2D eigenvalue weighted by atomic mass is 16.2. The second-order valence-electron chi connectivity index (χ2n) is 4.14. The van der Waals surface area contributed by atoms with Crippen molar-refractivity contribution in [3.63, 3.8) is 0 Å². The summed E-state index contributed by atoms with van der Waals surface area (Å²) in [5, 5.41) is 6.67. The zero-order valence-electron chi connectivity index (χ0n) is 10.4. The average Bonchev–Trinajstić information content (AvgIpc) is 2.73. The molecule has 0 aliphatic heterocycles. The van der Waals surface area contributed by atoms with Gasteiger partial charge in [-0.3, -0.25) is 14.3 Å². The van der Waals surface area contributed by atoms with Crippen LogP contribution in [-0.2, 0) is 16.6 Å². The zero-order valence-corrected chi connectivity index (χ0v) is 10.4. The molecule has 0 bridgehead atoms. The van der Waals surface area contributed by atoms with E-state index in [2.05, 4.69) is 10.4 Å². The molecule has 7 heteroatoms. The summed E-state index contributed by atoms with van der Waals surface area (Å²) in [5.41, 5.74) is 11.5. The van der Waals surface area contributed by atoms with Crippen molar-refractivity contribution < 1.29 is 9.59 Å². The van der Waals surface area contributed by atoms with Crippen LogP contribution in [0.15, 0.2) is 12.4 Å². The minimum Gasteiger partial charge on any atom is -0.370 e. The summed E-state index contributed by atoms with van der Waals surface area (Å²) in [4.78, 5) is 22.2. The Labute approximate surface area is 106 Å². The largest absolute Gasteiger partial charge is 0.370 e. The van der Waals surface area contributed by atoms with E-state index in [0.717, 1.165) is 0 Å². The number of rotatable bonds is 7. The third kappa shape index (κ3) is 4.54. The predicted octanol–water partition coefficient (Wildman–Crippen LogP) is -0.808. The van der Waals surface area contributed by atoms with Crippen molar-refractivity contribution in [3.8, 4) is 0 Å². The molecular weight excluding hydrogens is 234 g/mol. The summed E-state index contributed by atoms with van der Waals surface area (Å²) in [6, 6.07) is -0.713. The predicted molar refractivity (Wildman–Crippen MR) is 66.2 cm³/mol. The van der Waals surface area contributed by atoms with Crippen LogP contribution >= 0.6 is 0 Å². The van der Waals surface area contributed by atoms with Gasteiger partial charge in [-0.15, -0.1) is 0 Å². The molecule has 1 atom stereocenters. The van der Waals surface area contributed by atoms with E-state index in [1.807, 2.05) is 0 Å². The molecule has 1 rings (SSSR count). The van der Waals surface area contributed by atoms with E-state index in [1.165, 1.54) is 0 Å². The highest BCUT2D eigenvalue weighted by molar-refractivity contribution is 5.82. The molecule has 1 aromatic heterocycles. The van der Waals surface area contributed by atoms with Gasteiger partial charge in [0, 0.05) is 31.8 Å². The lowest BCUT2D eigenvalue weighted by atomic mass is 10.1.